The van der Waals surface area contributed by atoms with Gasteiger partial charge in [-0.25, -0.2) is 0 Å². The number of unbranched alkanes of at least 4 members (excludes halogenated alkanes) is 2. The van der Waals surface area contributed by atoms with Crippen molar-refractivity contribution in [2.45, 2.75) is 76.3 Å². The van der Waals surface area contributed by atoms with Gasteiger partial charge in [-0.2, -0.15) is 0 Å². The molecule has 160 valence electrons. The van der Waals surface area contributed by atoms with Crippen molar-refractivity contribution in [3.8, 4) is 0 Å². The van der Waals surface area contributed by atoms with Crippen LogP contribution in [0.4, 0.5) is 0 Å². The van der Waals surface area contributed by atoms with E-state index in [0.29, 0.717) is 37.8 Å². The first-order valence-corrected chi connectivity index (χ1v) is 10.4. The van der Waals surface area contributed by atoms with E-state index in [1.807, 2.05) is 0 Å². The number of nitrogens with two attached hydrogens (primary N) is 2. The molecule has 1 fully saturated rings. The van der Waals surface area contributed by atoms with Crippen molar-refractivity contribution in [2.75, 3.05) is 13.1 Å². The second-order valence-electron chi connectivity index (χ2n) is 7.60. The van der Waals surface area contributed by atoms with Crippen LogP contribution in [0.5, 0.6) is 0 Å². The minimum atomic E-state index is -0.947. The summed E-state index contributed by atoms with van der Waals surface area (Å²) in [5.74, 6) is -1.06. The highest BCUT2D eigenvalue weighted by molar-refractivity contribution is 5.73. The lowest BCUT2D eigenvalue weighted by atomic mass is 9.80. The number of carboxylic acid groups (broad SMARTS) is 2. The molecule has 1 rings (SSSR count). The van der Waals surface area contributed by atoms with Crippen molar-refractivity contribution < 1.29 is 19.8 Å². The van der Waals surface area contributed by atoms with E-state index in [9.17, 15) is 9.59 Å². The van der Waals surface area contributed by atoms with E-state index in [0.717, 1.165) is 38.5 Å². The molecule has 1 aliphatic rings. The maximum atomic E-state index is 10.7. The minimum Gasteiger partial charge on any atom is -0.480 e. The summed E-state index contributed by atoms with van der Waals surface area (Å²) in [4.78, 5) is 30.4. The van der Waals surface area contributed by atoms with Gasteiger partial charge in [0.1, 0.15) is 12.1 Å². The van der Waals surface area contributed by atoms with Crippen LogP contribution in [0.3, 0.4) is 0 Å². The molecular weight excluding hydrogens is 360 g/mol. The number of hydrogen-bond acceptors (Lipinski definition) is 6. The summed E-state index contributed by atoms with van der Waals surface area (Å²) in [6, 6.07) is -1.55. The van der Waals surface area contributed by atoms with Crippen LogP contribution < -0.4 is 11.5 Å². The van der Waals surface area contributed by atoms with Crippen molar-refractivity contribution in [1.29, 1.82) is 0 Å². The highest BCUT2D eigenvalue weighted by Crippen LogP contribution is 2.27. The quantitative estimate of drug-likeness (QED) is 0.261. The first-order chi connectivity index (χ1) is 13.4. The van der Waals surface area contributed by atoms with Gasteiger partial charge in [0, 0.05) is 37.4 Å². The number of nitrogens with zero attached hydrogens (tertiary/aromatic N) is 2. The van der Waals surface area contributed by atoms with E-state index < -0.39 is 24.0 Å². The normalized spacial score (nSPS) is 22.5. The molecule has 4 atom stereocenters. The molecule has 28 heavy (non-hydrogen) atoms. The highest BCUT2D eigenvalue weighted by atomic mass is 16.4. The first kappa shape index (κ1) is 24.2. The van der Waals surface area contributed by atoms with Crippen LogP contribution in [0.15, 0.2) is 9.98 Å². The van der Waals surface area contributed by atoms with Gasteiger partial charge < -0.3 is 21.7 Å². The molecule has 0 saturated heterocycles. The second-order valence-corrected chi connectivity index (χ2v) is 7.60. The molecular formula is C20H36N4O4. The molecule has 8 nitrogen and oxygen atoms in total. The summed E-state index contributed by atoms with van der Waals surface area (Å²) >= 11 is 0. The number of carbonyl (C=O) groups is 2. The minimum absolute atomic E-state index is 0.416. The monoisotopic (exact) mass is 396 g/mol. The van der Waals surface area contributed by atoms with E-state index >= 15 is 0 Å². The van der Waals surface area contributed by atoms with Gasteiger partial charge in [0.2, 0.25) is 0 Å². The summed E-state index contributed by atoms with van der Waals surface area (Å²) in [5.41, 5.74) is 11.0. The van der Waals surface area contributed by atoms with Crippen LogP contribution in [0, 0.1) is 11.8 Å². The Hall–Kier alpha value is -1.80. The third kappa shape index (κ3) is 10.5. The summed E-state index contributed by atoms with van der Waals surface area (Å²) < 4.78 is 0. The third-order valence-corrected chi connectivity index (χ3v) is 5.21. The predicted octanol–water partition coefficient (Wildman–Crippen LogP) is 2.10. The summed E-state index contributed by atoms with van der Waals surface area (Å²) in [6.07, 6.45) is 13.0. The molecule has 0 aromatic rings. The first-order valence-electron chi connectivity index (χ1n) is 10.4. The van der Waals surface area contributed by atoms with Crippen LogP contribution in [0.2, 0.25) is 0 Å². The van der Waals surface area contributed by atoms with Crippen LogP contribution in [0.25, 0.3) is 0 Å². The molecule has 1 saturated carbocycles. The van der Waals surface area contributed by atoms with Crippen molar-refractivity contribution in [2.24, 2.45) is 33.3 Å². The van der Waals surface area contributed by atoms with E-state index in [2.05, 4.69) is 22.4 Å². The SMILES string of the molecule is NC(CCCCN=CC1CCCCC1C=NCCCCC(N)C(=O)O)C(=O)O. The standard InChI is InChI=1S/C20H36N4O4/c21-17(19(25)26)9-3-5-11-23-13-15-7-1-2-8-16(15)14-24-12-6-4-10-18(22)20(27)28/h13-18H,1-12,21-22H2,(H,25,26)(H,27,28). The van der Waals surface area contributed by atoms with Crippen molar-refractivity contribution >= 4 is 24.4 Å². The zero-order chi connectivity index (χ0) is 20.8. The highest BCUT2D eigenvalue weighted by Gasteiger charge is 2.21. The van der Waals surface area contributed by atoms with Gasteiger partial charge in [0.15, 0.2) is 0 Å². The van der Waals surface area contributed by atoms with Gasteiger partial charge in [0.05, 0.1) is 0 Å². The Morgan fingerprint density at radius 3 is 1.57 bits per heavy atom. The second kappa shape index (κ2) is 14.2. The maximum absolute atomic E-state index is 10.7. The molecule has 0 amide bonds. The Balaban J connectivity index is 2.25. The smallest absolute Gasteiger partial charge is 0.320 e. The van der Waals surface area contributed by atoms with Crippen LogP contribution in [0.1, 0.15) is 64.2 Å². The van der Waals surface area contributed by atoms with Gasteiger partial charge in [-0.15, -0.1) is 0 Å². The fraction of sp³-hybridized carbons (Fsp3) is 0.800. The van der Waals surface area contributed by atoms with Crippen molar-refractivity contribution in [3.05, 3.63) is 0 Å². The van der Waals surface area contributed by atoms with Crippen LogP contribution >= 0.6 is 0 Å². The van der Waals surface area contributed by atoms with E-state index in [4.69, 9.17) is 21.7 Å². The molecule has 1 aliphatic carbocycles. The van der Waals surface area contributed by atoms with E-state index in [1.54, 1.807) is 0 Å². The molecule has 0 aliphatic heterocycles. The number of aliphatic imine (C=N–C) groups is 2. The Labute approximate surface area is 167 Å². The van der Waals surface area contributed by atoms with Crippen molar-refractivity contribution in [3.63, 3.8) is 0 Å². The number of rotatable bonds is 14. The fourth-order valence-electron chi connectivity index (χ4n) is 3.36. The average Bonchev–Trinajstić information content (AvgIpc) is 2.67. The molecule has 0 spiro atoms. The number of carboxylic acids is 2. The fourth-order valence-corrected chi connectivity index (χ4v) is 3.36. The maximum Gasteiger partial charge on any atom is 0.320 e. The Bertz CT molecular complexity index is 478. The van der Waals surface area contributed by atoms with E-state index in [1.165, 1.54) is 12.8 Å². The zero-order valence-corrected chi connectivity index (χ0v) is 16.7. The Morgan fingerprint density at radius 1 is 0.821 bits per heavy atom. The summed E-state index contributed by atoms with van der Waals surface area (Å²) in [5, 5.41) is 17.5. The summed E-state index contributed by atoms with van der Waals surface area (Å²) in [7, 11) is 0. The Kier molecular flexibility index (Phi) is 12.3. The largest absolute Gasteiger partial charge is 0.480 e. The molecule has 0 heterocycles. The molecule has 0 aromatic heterocycles. The lowest BCUT2D eigenvalue weighted by molar-refractivity contribution is -0.139. The lowest BCUT2D eigenvalue weighted by Crippen LogP contribution is -2.29. The topological polar surface area (TPSA) is 151 Å². The third-order valence-electron chi connectivity index (χ3n) is 5.21. The molecule has 0 radical (unpaired) electrons. The zero-order valence-electron chi connectivity index (χ0n) is 16.7. The Morgan fingerprint density at radius 2 is 1.21 bits per heavy atom. The number of aliphatic carboxylic acids is 2. The molecule has 8 heteroatoms. The van der Waals surface area contributed by atoms with Gasteiger partial charge >= 0.3 is 11.9 Å². The number of hydrogen-bond donors (Lipinski definition) is 4. The molecule has 6 N–H and O–H groups in total. The molecule has 0 bridgehead atoms. The van der Waals surface area contributed by atoms with Crippen LogP contribution in [-0.2, 0) is 9.59 Å². The summed E-state index contributed by atoms with van der Waals surface area (Å²) in [6.45, 7) is 1.41. The van der Waals surface area contributed by atoms with Gasteiger partial charge in [-0.05, 0) is 51.4 Å². The lowest BCUT2D eigenvalue weighted by Gasteiger charge is -2.25. The van der Waals surface area contributed by atoms with Crippen molar-refractivity contribution in [1.82, 2.24) is 0 Å². The van der Waals surface area contributed by atoms with Crippen LogP contribution in [-0.4, -0.2) is 59.8 Å². The predicted molar refractivity (Wildman–Crippen MR) is 111 cm³/mol. The molecule has 0 aromatic carbocycles. The molecule has 4 unspecified atom stereocenters. The van der Waals surface area contributed by atoms with Gasteiger partial charge in [0.25, 0.3) is 0 Å². The average molecular weight is 397 g/mol. The van der Waals surface area contributed by atoms with E-state index in [-0.39, 0.29) is 0 Å². The van der Waals surface area contributed by atoms with Gasteiger partial charge in [-0.3, -0.25) is 19.6 Å². The van der Waals surface area contributed by atoms with Gasteiger partial charge in [-0.1, -0.05) is 12.8 Å².